The third-order valence-corrected chi connectivity index (χ3v) is 17.9. The van der Waals surface area contributed by atoms with Crippen molar-refractivity contribution in [2.24, 2.45) is 0 Å². The summed E-state index contributed by atoms with van der Waals surface area (Å²) in [6, 6.07) is 68.6. The van der Waals surface area contributed by atoms with Crippen molar-refractivity contribution in [1.82, 2.24) is 4.98 Å². The summed E-state index contributed by atoms with van der Waals surface area (Å²) < 4.78 is 0. The number of nitrogens with zero attached hydrogens (tertiary/aromatic N) is 2. The number of benzene rings is 7. The van der Waals surface area contributed by atoms with E-state index in [1.165, 1.54) is 58.1 Å². The van der Waals surface area contributed by atoms with E-state index < -0.39 is 8.07 Å². The van der Waals surface area contributed by atoms with Gasteiger partial charge in [-0.3, -0.25) is 4.98 Å². The van der Waals surface area contributed by atoms with E-state index >= 15 is 0 Å². The predicted molar refractivity (Wildman–Crippen MR) is 229 cm³/mol. The molecule has 0 amide bonds. The maximum Gasteiger partial charge on any atom is 0.243 e. The Morgan fingerprint density at radius 1 is 0.396 bits per heavy atom. The molecule has 1 spiro atoms. The summed E-state index contributed by atoms with van der Waals surface area (Å²) in [5, 5.41) is 6.10. The monoisotopic (exact) mass is 706 g/mol. The van der Waals surface area contributed by atoms with Gasteiger partial charge in [-0.05, 0) is 69.3 Å². The fraction of sp³-hybridized carbons (Fsp3) is 0. The first kappa shape index (κ1) is 30.8. The minimum atomic E-state index is -2.75. The second kappa shape index (κ2) is 12.1. The van der Waals surface area contributed by atoms with Crippen LogP contribution in [-0.4, -0.2) is 26.5 Å². The summed E-state index contributed by atoms with van der Waals surface area (Å²) in [5.41, 5.74) is 11.9. The van der Waals surface area contributed by atoms with Crippen molar-refractivity contribution in [3.05, 3.63) is 194 Å². The normalized spacial score (nSPS) is 14.0. The van der Waals surface area contributed by atoms with Gasteiger partial charge in [0, 0.05) is 39.2 Å². The third kappa shape index (κ3) is 4.46. The van der Waals surface area contributed by atoms with Crippen molar-refractivity contribution in [2.75, 3.05) is 4.90 Å². The number of para-hydroxylation sites is 1. The van der Waals surface area contributed by atoms with Crippen LogP contribution >= 0.6 is 11.8 Å². The Hall–Kier alpha value is -5.81. The molecule has 0 saturated heterocycles. The molecule has 2 nitrogen and oxygen atoms in total. The molecule has 0 saturated carbocycles. The van der Waals surface area contributed by atoms with Gasteiger partial charge in [-0.15, -0.1) is 0 Å². The van der Waals surface area contributed by atoms with Gasteiger partial charge in [0.25, 0.3) is 0 Å². The molecule has 0 fully saturated rings. The molecule has 6 heteroatoms. The van der Waals surface area contributed by atoms with Crippen molar-refractivity contribution in [2.45, 2.75) is 9.79 Å². The molecule has 3 aliphatic heterocycles. The SMILES string of the molecule is c1ccc(N(c2ccncc2)c2ccc(B3c4ccccc4[Si]4(c5ccccc53)c3ccccc3B3c5ccccc5Sc5cccc4c53)cc2)cc1. The minimum absolute atomic E-state index is 0.111. The molecule has 7 aromatic carbocycles. The largest absolute Gasteiger partial charge is 0.310 e. The Balaban J connectivity index is 1.13. The lowest BCUT2D eigenvalue weighted by atomic mass is 9.36. The molecule has 0 atom stereocenters. The summed E-state index contributed by atoms with van der Waals surface area (Å²) in [5.74, 6) is 0. The molecule has 53 heavy (non-hydrogen) atoms. The molecule has 0 N–H and O–H groups in total. The van der Waals surface area contributed by atoms with Gasteiger partial charge in [-0.2, -0.15) is 0 Å². The van der Waals surface area contributed by atoms with Gasteiger partial charge in [0.05, 0.1) is 0 Å². The summed E-state index contributed by atoms with van der Waals surface area (Å²) in [7, 11) is -2.75. The van der Waals surface area contributed by atoms with Crippen LogP contribution in [0.3, 0.4) is 0 Å². The topological polar surface area (TPSA) is 16.1 Å². The van der Waals surface area contributed by atoms with Gasteiger partial charge in [-0.25, -0.2) is 0 Å². The average Bonchev–Trinajstić information content (AvgIpc) is 3.23. The molecular formula is C47H32B2N2SSi. The Bertz CT molecular complexity index is 2600. The van der Waals surface area contributed by atoms with Crippen LogP contribution in [0.1, 0.15) is 0 Å². The first-order chi connectivity index (χ1) is 26.3. The van der Waals surface area contributed by atoms with E-state index in [9.17, 15) is 0 Å². The summed E-state index contributed by atoms with van der Waals surface area (Å²) in [6.07, 6.45) is 3.73. The Kier molecular flexibility index (Phi) is 7.04. The average molecular weight is 707 g/mol. The third-order valence-electron chi connectivity index (χ3n) is 11.7. The maximum absolute atomic E-state index is 4.30. The lowest BCUT2D eigenvalue weighted by molar-refractivity contribution is 1.24. The van der Waals surface area contributed by atoms with Gasteiger partial charge in [0.1, 0.15) is 0 Å². The summed E-state index contributed by atoms with van der Waals surface area (Å²) >= 11 is 1.95. The highest BCUT2D eigenvalue weighted by Crippen LogP contribution is 2.34. The van der Waals surface area contributed by atoms with E-state index in [1.807, 2.05) is 24.2 Å². The summed E-state index contributed by atoms with van der Waals surface area (Å²) in [4.78, 5) is 9.38. The number of aromatic nitrogens is 1. The van der Waals surface area contributed by atoms with Crippen LogP contribution < -0.4 is 58.4 Å². The smallest absolute Gasteiger partial charge is 0.243 e. The first-order valence-electron chi connectivity index (χ1n) is 18.4. The van der Waals surface area contributed by atoms with Gasteiger partial charge < -0.3 is 4.90 Å². The molecule has 1 aromatic heterocycles. The second-order valence-electron chi connectivity index (χ2n) is 14.2. The van der Waals surface area contributed by atoms with E-state index in [0.29, 0.717) is 0 Å². The molecule has 3 aliphatic rings. The highest BCUT2D eigenvalue weighted by atomic mass is 32.2. The number of hydrogen-bond donors (Lipinski definition) is 0. The van der Waals surface area contributed by atoms with Crippen molar-refractivity contribution >= 4 is 104 Å². The van der Waals surface area contributed by atoms with Gasteiger partial charge in [0.2, 0.25) is 13.4 Å². The van der Waals surface area contributed by atoms with Gasteiger partial charge >= 0.3 is 0 Å². The summed E-state index contributed by atoms with van der Waals surface area (Å²) in [6.45, 7) is 0.339. The van der Waals surface area contributed by atoms with Crippen LogP contribution in [0, 0.1) is 0 Å². The zero-order valence-corrected chi connectivity index (χ0v) is 30.7. The molecule has 8 aromatic rings. The fourth-order valence-electron chi connectivity index (χ4n) is 9.67. The van der Waals surface area contributed by atoms with Crippen LogP contribution in [0.15, 0.2) is 204 Å². The Labute approximate surface area is 316 Å². The molecule has 4 heterocycles. The standard InChI is InChI=1S/C47H32B2N2SSi/c1-2-13-34(14-3-1)51(36-29-31-50-32-30-36)35-27-25-33(26-28-35)48-38-16-5-9-21-43(38)53(44-22-10-6-17-39(44)48)45-23-11-7-18-40(45)49-37-15-4-8-19-41(37)52-42-20-12-24-46(53)47(42)49/h1-32H. The quantitative estimate of drug-likeness (QED) is 0.257. The van der Waals surface area contributed by atoms with E-state index in [-0.39, 0.29) is 13.4 Å². The van der Waals surface area contributed by atoms with E-state index in [1.54, 1.807) is 5.19 Å². The van der Waals surface area contributed by atoms with Gasteiger partial charge in [-0.1, -0.05) is 178 Å². The number of fused-ring (bicyclic) bond motifs is 10. The second-order valence-corrected chi connectivity index (χ2v) is 18.9. The molecule has 246 valence electrons. The van der Waals surface area contributed by atoms with Crippen LogP contribution in [0.2, 0.25) is 0 Å². The van der Waals surface area contributed by atoms with Crippen LogP contribution in [0.5, 0.6) is 0 Å². The highest BCUT2D eigenvalue weighted by molar-refractivity contribution is 8.00. The molecular weight excluding hydrogens is 674 g/mol. The number of pyridine rings is 1. The van der Waals surface area contributed by atoms with E-state index in [0.717, 1.165) is 17.1 Å². The van der Waals surface area contributed by atoms with Crippen LogP contribution in [-0.2, 0) is 0 Å². The minimum Gasteiger partial charge on any atom is -0.310 e. The van der Waals surface area contributed by atoms with Crippen molar-refractivity contribution in [1.29, 1.82) is 0 Å². The molecule has 0 radical (unpaired) electrons. The molecule has 0 aliphatic carbocycles. The van der Waals surface area contributed by atoms with Crippen molar-refractivity contribution in [3.63, 3.8) is 0 Å². The Morgan fingerprint density at radius 3 is 1.55 bits per heavy atom. The van der Waals surface area contributed by atoms with E-state index in [4.69, 9.17) is 0 Å². The lowest BCUT2D eigenvalue weighted by Gasteiger charge is -2.49. The van der Waals surface area contributed by atoms with E-state index in [2.05, 4.69) is 192 Å². The highest BCUT2D eigenvalue weighted by Gasteiger charge is 2.56. The lowest BCUT2D eigenvalue weighted by Crippen LogP contribution is -2.93. The maximum atomic E-state index is 4.30. The predicted octanol–water partition coefficient (Wildman–Crippen LogP) is 4.05. The van der Waals surface area contributed by atoms with Crippen LogP contribution in [0.25, 0.3) is 0 Å². The Morgan fingerprint density at radius 2 is 0.887 bits per heavy atom. The number of hydrogen-bond acceptors (Lipinski definition) is 3. The van der Waals surface area contributed by atoms with Gasteiger partial charge in [0.15, 0.2) is 8.07 Å². The zero-order valence-electron chi connectivity index (χ0n) is 28.9. The first-order valence-corrected chi connectivity index (χ1v) is 21.2. The fourth-order valence-corrected chi connectivity index (χ4v) is 16.7. The van der Waals surface area contributed by atoms with Crippen molar-refractivity contribution < 1.29 is 0 Å². The zero-order chi connectivity index (χ0) is 34.9. The van der Waals surface area contributed by atoms with Crippen molar-refractivity contribution in [3.8, 4) is 0 Å². The molecule has 0 unspecified atom stereocenters. The number of rotatable bonds is 4. The van der Waals surface area contributed by atoms with Crippen LogP contribution in [0.4, 0.5) is 17.1 Å². The number of anilines is 3. The molecule has 0 bridgehead atoms. The molecule has 11 rings (SSSR count).